The van der Waals surface area contributed by atoms with E-state index in [4.69, 9.17) is 0 Å². The van der Waals surface area contributed by atoms with Crippen molar-refractivity contribution in [2.45, 2.75) is 64.3 Å². The number of nitrogens with zero attached hydrogens (tertiary/aromatic N) is 1. The molecule has 0 radical (unpaired) electrons. The third-order valence-corrected chi connectivity index (χ3v) is 5.25. The number of amides is 2. The van der Waals surface area contributed by atoms with Crippen molar-refractivity contribution < 1.29 is 9.59 Å². The number of nitrogens with one attached hydrogen (secondary N) is 1. The Morgan fingerprint density at radius 2 is 1.82 bits per heavy atom. The van der Waals surface area contributed by atoms with E-state index in [-0.39, 0.29) is 17.7 Å². The maximum Gasteiger partial charge on any atom is 0.225 e. The van der Waals surface area contributed by atoms with Crippen molar-refractivity contribution in [1.29, 1.82) is 0 Å². The summed E-state index contributed by atoms with van der Waals surface area (Å²) < 4.78 is 0. The molecule has 1 N–H and O–H groups in total. The summed E-state index contributed by atoms with van der Waals surface area (Å²) in [6.45, 7) is 7.25. The highest BCUT2D eigenvalue weighted by Crippen LogP contribution is 2.32. The monoisotopic (exact) mass is 306 g/mol. The van der Waals surface area contributed by atoms with Gasteiger partial charge in [0, 0.05) is 31.0 Å². The van der Waals surface area contributed by atoms with Gasteiger partial charge in [-0.3, -0.25) is 9.59 Å². The van der Waals surface area contributed by atoms with Gasteiger partial charge >= 0.3 is 0 Å². The van der Waals surface area contributed by atoms with Crippen molar-refractivity contribution >= 4 is 11.8 Å². The topological polar surface area (TPSA) is 49.4 Å². The van der Waals surface area contributed by atoms with Crippen molar-refractivity contribution in [2.24, 2.45) is 11.8 Å². The summed E-state index contributed by atoms with van der Waals surface area (Å²) in [4.78, 5) is 26.9. The van der Waals surface area contributed by atoms with Crippen LogP contribution in [0.1, 0.15) is 58.3 Å². The van der Waals surface area contributed by atoms with E-state index in [0.29, 0.717) is 18.5 Å². The van der Waals surface area contributed by atoms with Gasteiger partial charge < -0.3 is 10.2 Å². The molecule has 1 aliphatic heterocycles. The van der Waals surface area contributed by atoms with Gasteiger partial charge in [0.15, 0.2) is 0 Å². The zero-order valence-corrected chi connectivity index (χ0v) is 13.9. The first-order valence-corrected chi connectivity index (χ1v) is 8.86. The molecular formula is C18H30N2O2. The fraction of sp³-hybridized carbons (Fsp3) is 0.778. The molecule has 4 heteroatoms. The van der Waals surface area contributed by atoms with Gasteiger partial charge in [-0.2, -0.15) is 0 Å². The lowest BCUT2D eigenvalue weighted by atomic mass is 9.80. The van der Waals surface area contributed by atoms with E-state index in [0.717, 1.165) is 51.5 Å². The van der Waals surface area contributed by atoms with E-state index < -0.39 is 0 Å². The smallest absolute Gasteiger partial charge is 0.225 e. The average molecular weight is 306 g/mol. The van der Waals surface area contributed by atoms with Crippen molar-refractivity contribution in [1.82, 2.24) is 10.2 Å². The fourth-order valence-corrected chi connectivity index (χ4v) is 3.87. The van der Waals surface area contributed by atoms with Gasteiger partial charge in [-0.1, -0.05) is 13.0 Å². The quantitative estimate of drug-likeness (QED) is 0.794. The zero-order chi connectivity index (χ0) is 15.9. The maximum absolute atomic E-state index is 12.8. The molecule has 1 unspecified atom stereocenters. The van der Waals surface area contributed by atoms with Crippen LogP contribution in [0.15, 0.2) is 12.7 Å². The standard InChI is InChI=1S/C18H30N2O2/c1-3-12-19-17(21)14-8-10-15(11-9-14)18(22)20-13-6-5-7-16(20)4-2/h3,14-16H,1,4-13H2,2H3,(H,19,21). The van der Waals surface area contributed by atoms with Gasteiger partial charge in [-0.05, 0) is 51.4 Å². The zero-order valence-electron chi connectivity index (χ0n) is 13.9. The van der Waals surface area contributed by atoms with Crippen LogP contribution in [-0.4, -0.2) is 35.8 Å². The summed E-state index contributed by atoms with van der Waals surface area (Å²) in [7, 11) is 0. The summed E-state index contributed by atoms with van der Waals surface area (Å²) in [6, 6.07) is 0.440. The number of carbonyl (C=O) groups is 2. The summed E-state index contributed by atoms with van der Waals surface area (Å²) in [5.41, 5.74) is 0. The Hall–Kier alpha value is -1.32. The third-order valence-electron chi connectivity index (χ3n) is 5.25. The normalized spacial score (nSPS) is 29.0. The highest BCUT2D eigenvalue weighted by molar-refractivity contribution is 5.81. The van der Waals surface area contributed by atoms with Crippen LogP contribution in [0.5, 0.6) is 0 Å². The number of rotatable bonds is 5. The Balaban J connectivity index is 1.84. The summed E-state index contributed by atoms with van der Waals surface area (Å²) in [5, 5.41) is 2.87. The fourth-order valence-electron chi connectivity index (χ4n) is 3.87. The van der Waals surface area contributed by atoms with Gasteiger partial charge in [0.05, 0.1) is 0 Å². The van der Waals surface area contributed by atoms with E-state index in [1.54, 1.807) is 6.08 Å². The van der Waals surface area contributed by atoms with Gasteiger partial charge in [0.1, 0.15) is 0 Å². The number of carbonyl (C=O) groups excluding carboxylic acids is 2. The molecule has 1 atom stereocenters. The maximum atomic E-state index is 12.8. The summed E-state index contributed by atoms with van der Waals surface area (Å²) >= 11 is 0. The molecule has 22 heavy (non-hydrogen) atoms. The number of piperidine rings is 1. The minimum atomic E-state index is 0.0762. The molecule has 2 amide bonds. The molecular weight excluding hydrogens is 276 g/mol. The predicted octanol–water partition coefficient (Wildman–Crippen LogP) is 2.89. The van der Waals surface area contributed by atoms with Crippen LogP contribution in [0.3, 0.4) is 0 Å². The molecule has 0 aromatic rings. The third kappa shape index (κ3) is 4.11. The van der Waals surface area contributed by atoms with Gasteiger partial charge in [0.2, 0.25) is 11.8 Å². The van der Waals surface area contributed by atoms with E-state index in [1.165, 1.54) is 6.42 Å². The van der Waals surface area contributed by atoms with E-state index in [9.17, 15) is 9.59 Å². The molecule has 0 spiro atoms. The minimum absolute atomic E-state index is 0.0762. The van der Waals surface area contributed by atoms with Crippen molar-refractivity contribution in [3.63, 3.8) is 0 Å². The molecule has 124 valence electrons. The second-order valence-corrected chi connectivity index (χ2v) is 6.67. The summed E-state index contributed by atoms with van der Waals surface area (Å²) in [5.74, 6) is 0.676. The van der Waals surface area contributed by atoms with Gasteiger partial charge in [0.25, 0.3) is 0 Å². The van der Waals surface area contributed by atoms with Crippen molar-refractivity contribution in [3.8, 4) is 0 Å². The lowest BCUT2D eigenvalue weighted by molar-refractivity contribution is -0.141. The molecule has 4 nitrogen and oxygen atoms in total. The van der Waals surface area contributed by atoms with Crippen LogP contribution < -0.4 is 5.32 Å². The predicted molar refractivity (Wildman–Crippen MR) is 88.3 cm³/mol. The SMILES string of the molecule is C=CCNC(=O)C1CCC(C(=O)N2CCCCC2CC)CC1. The molecule has 2 rings (SSSR count). The van der Waals surface area contributed by atoms with E-state index >= 15 is 0 Å². The number of hydrogen-bond donors (Lipinski definition) is 1. The van der Waals surface area contributed by atoms with E-state index in [2.05, 4.69) is 23.7 Å². The first kappa shape index (κ1) is 17.0. The highest BCUT2D eigenvalue weighted by atomic mass is 16.2. The van der Waals surface area contributed by atoms with Gasteiger partial charge in [-0.15, -0.1) is 6.58 Å². The summed E-state index contributed by atoms with van der Waals surface area (Å²) in [6.07, 6.45) is 9.70. The molecule has 0 bridgehead atoms. The van der Waals surface area contributed by atoms with Crippen LogP contribution in [-0.2, 0) is 9.59 Å². The van der Waals surface area contributed by atoms with Crippen LogP contribution in [0, 0.1) is 11.8 Å². The highest BCUT2D eigenvalue weighted by Gasteiger charge is 2.34. The molecule has 1 saturated carbocycles. The molecule has 1 saturated heterocycles. The average Bonchev–Trinajstić information content (AvgIpc) is 2.59. The van der Waals surface area contributed by atoms with Crippen LogP contribution in [0.4, 0.5) is 0 Å². The second-order valence-electron chi connectivity index (χ2n) is 6.67. The molecule has 2 aliphatic rings. The molecule has 2 fully saturated rings. The van der Waals surface area contributed by atoms with Crippen molar-refractivity contribution in [2.75, 3.05) is 13.1 Å². The second kappa shape index (κ2) is 8.35. The van der Waals surface area contributed by atoms with Crippen molar-refractivity contribution in [3.05, 3.63) is 12.7 Å². The first-order valence-electron chi connectivity index (χ1n) is 8.86. The van der Waals surface area contributed by atoms with Crippen LogP contribution >= 0.6 is 0 Å². The first-order chi connectivity index (χ1) is 10.7. The lowest BCUT2D eigenvalue weighted by Gasteiger charge is -2.39. The lowest BCUT2D eigenvalue weighted by Crippen LogP contribution is -2.47. The molecule has 1 aliphatic carbocycles. The van der Waals surface area contributed by atoms with E-state index in [1.807, 2.05) is 0 Å². The largest absolute Gasteiger partial charge is 0.352 e. The Kier molecular flexibility index (Phi) is 6.47. The van der Waals surface area contributed by atoms with Crippen LogP contribution in [0.2, 0.25) is 0 Å². The molecule has 0 aromatic carbocycles. The number of likely N-dealkylation sites (tertiary alicyclic amines) is 1. The Labute approximate surface area is 134 Å². The Morgan fingerprint density at radius 1 is 1.14 bits per heavy atom. The van der Waals surface area contributed by atoms with Crippen LogP contribution in [0.25, 0.3) is 0 Å². The van der Waals surface area contributed by atoms with Gasteiger partial charge in [-0.25, -0.2) is 0 Å². The Bertz CT molecular complexity index is 400. The molecule has 1 heterocycles. The minimum Gasteiger partial charge on any atom is -0.352 e. The number of hydrogen-bond acceptors (Lipinski definition) is 2. The Morgan fingerprint density at radius 3 is 2.45 bits per heavy atom. The molecule has 0 aromatic heterocycles.